The van der Waals surface area contributed by atoms with Crippen LogP contribution < -0.4 is 5.73 Å². The third kappa shape index (κ3) is 1.75. The fraction of sp³-hybridized carbons (Fsp3) is 0.125. The number of nitrogens with two attached hydrogens (primary N) is 1. The lowest BCUT2D eigenvalue weighted by Crippen LogP contribution is -2.13. The van der Waals surface area contributed by atoms with E-state index in [1.807, 2.05) is 0 Å². The van der Waals surface area contributed by atoms with Crippen molar-refractivity contribution in [2.75, 3.05) is 0 Å². The van der Waals surface area contributed by atoms with Gasteiger partial charge >= 0.3 is 0 Å². The van der Waals surface area contributed by atoms with Crippen molar-refractivity contribution < 1.29 is 9.90 Å². The van der Waals surface area contributed by atoms with Crippen molar-refractivity contribution in [2.24, 2.45) is 5.73 Å². The van der Waals surface area contributed by atoms with E-state index in [9.17, 15) is 4.79 Å². The van der Waals surface area contributed by atoms with Crippen LogP contribution in [0.1, 0.15) is 15.9 Å². The van der Waals surface area contributed by atoms with Gasteiger partial charge in [-0.2, -0.15) is 0 Å². The van der Waals surface area contributed by atoms with E-state index in [0.29, 0.717) is 10.6 Å². The van der Waals surface area contributed by atoms with Crippen LogP contribution in [-0.2, 0) is 6.61 Å². The molecule has 0 saturated heterocycles. The molecule has 0 heterocycles. The zero-order valence-corrected chi connectivity index (χ0v) is 7.01. The van der Waals surface area contributed by atoms with Crippen molar-refractivity contribution in [1.29, 1.82) is 0 Å². The van der Waals surface area contributed by atoms with Crippen LogP contribution in [0.5, 0.6) is 0 Å². The quantitative estimate of drug-likeness (QED) is 0.720. The second-order valence-corrected chi connectivity index (χ2v) is 2.76. The molecule has 0 aliphatic rings. The topological polar surface area (TPSA) is 63.3 Å². The highest BCUT2D eigenvalue weighted by Gasteiger charge is 2.06. The molecule has 3 nitrogen and oxygen atoms in total. The lowest BCUT2D eigenvalue weighted by Gasteiger charge is -2.02. The molecule has 1 aromatic rings. The molecule has 0 aliphatic heterocycles. The van der Waals surface area contributed by atoms with Crippen molar-refractivity contribution in [3.8, 4) is 0 Å². The first-order valence-electron chi connectivity index (χ1n) is 3.34. The Labute approximate surface area is 74.8 Å². The van der Waals surface area contributed by atoms with Gasteiger partial charge in [0.25, 0.3) is 0 Å². The average Bonchev–Trinajstić information content (AvgIpc) is 2.04. The van der Waals surface area contributed by atoms with Gasteiger partial charge in [0.2, 0.25) is 5.91 Å². The molecule has 0 spiro atoms. The Balaban J connectivity index is 3.21. The molecule has 0 radical (unpaired) electrons. The van der Waals surface area contributed by atoms with Gasteiger partial charge in [0.15, 0.2) is 0 Å². The molecule has 0 aliphatic carbocycles. The van der Waals surface area contributed by atoms with Crippen molar-refractivity contribution in [3.05, 3.63) is 34.3 Å². The molecule has 0 saturated carbocycles. The lowest BCUT2D eigenvalue weighted by atomic mass is 10.1. The molecule has 0 fully saturated rings. The van der Waals surface area contributed by atoms with Gasteiger partial charge in [-0.3, -0.25) is 4.79 Å². The second-order valence-electron chi connectivity index (χ2n) is 2.32. The van der Waals surface area contributed by atoms with E-state index in [0.717, 1.165) is 0 Å². The van der Waals surface area contributed by atoms with Crippen LogP contribution in [-0.4, -0.2) is 11.0 Å². The maximum absolute atomic E-state index is 10.8. The number of carbonyl (C=O) groups is 1. The summed E-state index contributed by atoms with van der Waals surface area (Å²) in [5, 5.41) is 9.24. The van der Waals surface area contributed by atoms with Crippen molar-refractivity contribution in [3.63, 3.8) is 0 Å². The van der Waals surface area contributed by atoms with E-state index in [-0.39, 0.29) is 12.2 Å². The third-order valence-electron chi connectivity index (χ3n) is 1.51. The summed E-state index contributed by atoms with van der Waals surface area (Å²) in [6.07, 6.45) is 0. The predicted octanol–water partition coefficient (Wildman–Crippen LogP) is 0.931. The molecule has 1 aromatic carbocycles. The van der Waals surface area contributed by atoms with Gasteiger partial charge in [0.05, 0.1) is 6.61 Å². The summed E-state index contributed by atoms with van der Waals surface area (Å²) < 4.78 is 0. The number of benzene rings is 1. The monoisotopic (exact) mass is 185 g/mol. The summed E-state index contributed by atoms with van der Waals surface area (Å²) in [5.74, 6) is -0.582. The highest BCUT2D eigenvalue weighted by atomic mass is 35.5. The molecular weight excluding hydrogens is 178 g/mol. The van der Waals surface area contributed by atoms with Crippen molar-refractivity contribution in [1.82, 2.24) is 0 Å². The molecule has 64 valence electrons. The molecule has 3 N–H and O–H groups in total. The van der Waals surface area contributed by atoms with Gasteiger partial charge < -0.3 is 10.8 Å². The van der Waals surface area contributed by atoms with E-state index >= 15 is 0 Å². The molecule has 12 heavy (non-hydrogen) atoms. The lowest BCUT2D eigenvalue weighted by molar-refractivity contribution is 0.0997. The second kappa shape index (κ2) is 3.56. The number of carbonyl (C=O) groups excluding carboxylic acids is 1. The minimum atomic E-state index is -0.582. The standard InChI is InChI=1S/C8H8ClNO2/c9-6-2-1-5(4-11)7(3-6)8(10)12/h1-3,11H,4H2,(H2,10,12). The Kier molecular flexibility index (Phi) is 2.68. The molecule has 1 amide bonds. The van der Waals surface area contributed by atoms with Crippen LogP contribution >= 0.6 is 11.6 Å². The third-order valence-corrected chi connectivity index (χ3v) is 1.74. The SMILES string of the molecule is NC(=O)c1cc(Cl)ccc1CO. The normalized spacial score (nSPS) is 9.83. The first-order valence-corrected chi connectivity index (χ1v) is 3.72. The van der Waals surface area contributed by atoms with Crippen LogP contribution in [0.4, 0.5) is 0 Å². The molecule has 1 rings (SSSR count). The van der Waals surface area contributed by atoms with Crippen LogP contribution in [0.3, 0.4) is 0 Å². The summed E-state index contributed by atoms with van der Waals surface area (Å²) in [6, 6.07) is 4.61. The number of primary amides is 1. The Morgan fingerprint density at radius 1 is 1.58 bits per heavy atom. The number of rotatable bonds is 2. The Hall–Kier alpha value is -1.06. The van der Waals surface area contributed by atoms with E-state index < -0.39 is 5.91 Å². The largest absolute Gasteiger partial charge is 0.392 e. The number of halogens is 1. The zero-order valence-electron chi connectivity index (χ0n) is 6.25. The Morgan fingerprint density at radius 2 is 2.25 bits per heavy atom. The summed E-state index contributed by atoms with van der Waals surface area (Å²) >= 11 is 5.63. The van der Waals surface area contributed by atoms with Gasteiger partial charge in [-0.1, -0.05) is 17.7 Å². The van der Waals surface area contributed by atoms with Crippen LogP contribution in [0, 0.1) is 0 Å². The van der Waals surface area contributed by atoms with Gasteiger partial charge in [0, 0.05) is 10.6 Å². The first kappa shape index (κ1) is 9.03. The number of aliphatic hydroxyl groups is 1. The first-order chi connectivity index (χ1) is 5.65. The highest BCUT2D eigenvalue weighted by molar-refractivity contribution is 6.31. The van der Waals surface area contributed by atoms with Crippen LogP contribution in [0.15, 0.2) is 18.2 Å². The summed E-state index contributed by atoms with van der Waals surface area (Å²) in [4.78, 5) is 10.8. The van der Waals surface area contributed by atoms with E-state index in [2.05, 4.69) is 0 Å². The molecule has 4 heteroatoms. The average molecular weight is 186 g/mol. The molecule has 0 unspecified atom stereocenters. The Morgan fingerprint density at radius 3 is 2.75 bits per heavy atom. The highest BCUT2D eigenvalue weighted by Crippen LogP contribution is 2.15. The summed E-state index contributed by atoms with van der Waals surface area (Å²) in [6.45, 7) is -0.213. The van der Waals surface area contributed by atoms with Gasteiger partial charge in [0.1, 0.15) is 0 Å². The number of aliphatic hydroxyl groups excluding tert-OH is 1. The fourth-order valence-electron chi connectivity index (χ4n) is 0.916. The van der Waals surface area contributed by atoms with Crippen molar-refractivity contribution in [2.45, 2.75) is 6.61 Å². The molecular formula is C8H8ClNO2. The zero-order chi connectivity index (χ0) is 9.14. The fourth-order valence-corrected chi connectivity index (χ4v) is 1.09. The van der Waals surface area contributed by atoms with E-state index in [1.54, 1.807) is 12.1 Å². The smallest absolute Gasteiger partial charge is 0.249 e. The molecule has 0 bridgehead atoms. The Bertz CT molecular complexity index is 312. The van der Waals surface area contributed by atoms with Crippen LogP contribution in [0.2, 0.25) is 5.02 Å². The number of hydrogen-bond acceptors (Lipinski definition) is 2. The summed E-state index contributed by atoms with van der Waals surface area (Å²) in [5.41, 5.74) is 5.81. The maximum Gasteiger partial charge on any atom is 0.249 e. The maximum atomic E-state index is 10.8. The van der Waals surface area contributed by atoms with E-state index in [1.165, 1.54) is 6.07 Å². The van der Waals surface area contributed by atoms with Crippen molar-refractivity contribution >= 4 is 17.5 Å². The van der Waals surface area contributed by atoms with E-state index in [4.69, 9.17) is 22.4 Å². The summed E-state index contributed by atoms with van der Waals surface area (Å²) in [7, 11) is 0. The minimum Gasteiger partial charge on any atom is -0.392 e. The molecule has 0 atom stereocenters. The van der Waals surface area contributed by atoms with Gasteiger partial charge in [-0.15, -0.1) is 0 Å². The van der Waals surface area contributed by atoms with Gasteiger partial charge in [-0.05, 0) is 17.7 Å². The predicted molar refractivity (Wildman–Crippen MR) is 45.9 cm³/mol. The van der Waals surface area contributed by atoms with Gasteiger partial charge in [-0.25, -0.2) is 0 Å². The molecule has 0 aromatic heterocycles. The number of hydrogen-bond donors (Lipinski definition) is 2. The van der Waals surface area contributed by atoms with Crippen LogP contribution in [0.25, 0.3) is 0 Å². The minimum absolute atomic E-state index is 0.213. The number of amides is 1.